The number of H-pyrrole nitrogens is 1. The van der Waals surface area contributed by atoms with Gasteiger partial charge in [-0.05, 0) is 30.3 Å². The minimum Gasteiger partial charge on any atom is -0.306 e. The van der Waals surface area contributed by atoms with Crippen LogP contribution in [0.2, 0.25) is 0 Å². The highest BCUT2D eigenvalue weighted by molar-refractivity contribution is 7.90. The number of benzene rings is 2. The van der Waals surface area contributed by atoms with Crippen LogP contribution in [-0.2, 0) is 9.84 Å². The predicted octanol–water partition coefficient (Wildman–Crippen LogP) is 2.13. The van der Waals surface area contributed by atoms with E-state index in [1.165, 1.54) is 6.07 Å². The van der Waals surface area contributed by atoms with Gasteiger partial charge in [0.2, 0.25) is 0 Å². The first kappa shape index (κ1) is 14.4. The summed E-state index contributed by atoms with van der Waals surface area (Å²) in [4.78, 5) is 18.4. The number of nitrogens with one attached hydrogen (secondary N) is 1. The van der Waals surface area contributed by atoms with Crippen LogP contribution in [0, 0.1) is 5.82 Å². The molecule has 22 heavy (non-hydrogen) atoms. The Bertz CT molecular complexity index is 1040. The molecule has 0 radical (unpaired) electrons. The molecule has 0 fully saturated rings. The van der Waals surface area contributed by atoms with Crippen molar-refractivity contribution in [1.82, 2.24) is 9.97 Å². The average molecular weight is 318 g/mol. The van der Waals surface area contributed by atoms with Gasteiger partial charge < -0.3 is 4.98 Å². The molecule has 0 unspecified atom stereocenters. The molecule has 112 valence electrons. The summed E-state index contributed by atoms with van der Waals surface area (Å²) >= 11 is 0. The van der Waals surface area contributed by atoms with E-state index in [2.05, 4.69) is 9.97 Å². The number of rotatable bonds is 2. The van der Waals surface area contributed by atoms with E-state index in [1.54, 1.807) is 24.3 Å². The van der Waals surface area contributed by atoms with Gasteiger partial charge in [0, 0.05) is 11.8 Å². The fraction of sp³-hybridized carbons (Fsp3) is 0.0667. The Morgan fingerprint density at radius 2 is 1.86 bits per heavy atom. The first-order chi connectivity index (χ1) is 10.4. The second-order valence-electron chi connectivity index (χ2n) is 4.85. The summed E-state index contributed by atoms with van der Waals surface area (Å²) in [7, 11) is -3.64. The summed E-state index contributed by atoms with van der Waals surface area (Å²) in [5.41, 5.74) is 0.440. The smallest absolute Gasteiger partial charge is 0.259 e. The number of aromatic nitrogens is 2. The van der Waals surface area contributed by atoms with Crippen LogP contribution < -0.4 is 5.56 Å². The van der Waals surface area contributed by atoms with Crippen molar-refractivity contribution < 1.29 is 12.8 Å². The van der Waals surface area contributed by atoms with Gasteiger partial charge in [-0.1, -0.05) is 12.1 Å². The van der Waals surface area contributed by atoms with Crippen molar-refractivity contribution in [2.75, 3.05) is 6.26 Å². The molecule has 1 aromatic heterocycles. The Labute approximate surface area is 125 Å². The van der Waals surface area contributed by atoms with Gasteiger partial charge in [-0.25, -0.2) is 17.8 Å². The van der Waals surface area contributed by atoms with Crippen LogP contribution in [0.1, 0.15) is 0 Å². The molecule has 3 aromatic rings. The number of aromatic amines is 1. The first-order valence-electron chi connectivity index (χ1n) is 6.35. The van der Waals surface area contributed by atoms with Crippen molar-refractivity contribution in [3.05, 3.63) is 58.6 Å². The third-order valence-electron chi connectivity index (χ3n) is 3.22. The predicted molar refractivity (Wildman–Crippen MR) is 80.9 cm³/mol. The van der Waals surface area contributed by atoms with E-state index in [0.29, 0.717) is 16.5 Å². The molecule has 0 aliphatic rings. The molecule has 2 aromatic carbocycles. The fourth-order valence-corrected chi connectivity index (χ4v) is 2.90. The van der Waals surface area contributed by atoms with E-state index in [1.807, 2.05) is 0 Å². The van der Waals surface area contributed by atoms with E-state index >= 15 is 0 Å². The summed E-state index contributed by atoms with van der Waals surface area (Å²) < 4.78 is 36.8. The number of nitrogens with zero attached hydrogens (tertiary/aromatic N) is 1. The molecule has 0 aliphatic carbocycles. The number of para-hydroxylation sites is 1. The molecule has 3 rings (SSSR count). The third-order valence-corrected chi connectivity index (χ3v) is 4.35. The number of halogens is 1. The van der Waals surface area contributed by atoms with Crippen molar-refractivity contribution in [2.24, 2.45) is 0 Å². The summed E-state index contributed by atoms with van der Waals surface area (Å²) in [6, 6.07) is 10.4. The minimum absolute atomic E-state index is 0.183. The second-order valence-corrected chi connectivity index (χ2v) is 6.83. The molecular weight excluding hydrogens is 307 g/mol. The van der Waals surface area contributed by atoms with Crippen LogP contribution in [0.3, 0.4) is 0 Å². The molecule has 0 saturated heterocycles. The molecule has 0 aliphatic heterocycles. The molecule has 5 nitrogen and oxygen atoms in total. The largest absolute Gasteiger partial charge is 0.306 e. The van der Waals surface area contributed by atoms with Gasteiger partial charge in [0.25, 0.3) is 5.56 Å². The van der Waals surface area contributed by atoms with Crippen molar-refractivity contribution in [1.29, 1.82) is 0 Å². The molecule has 7 heteroatoms. The minimum atomic E-state index is -3.64. The Kier molecular flexibility index (Phi) is 3.29. The van der Waals surface area contributed by atoms with Crippen LogP contribution in [0.15, 0.2) is 52.2 Å². The quantitative estimate of drug-likeness (QED) is 0.785. The van der Waals surface area contributed by atoms with Crippen molar-refractivity contribution in [3.63, 3.8) is 0 Å². The zero-order valence-electron chi connectivity index (χ0n) is 11.5. The zero-order valence-corrected chi connectivity index (χ0v) is 12.3. The zero-order chi connectivity index (χ0) is 15.9. The van der Waals surface area contributed by atoms with E-state index < -0.39 is 15.7 Å². The van der Waals surface area contributed by atoms with Gasteiger partial charge in [-0.15, -0.1) is 0 Å². The second kappa shape index (κ2) is 5.03. The van der Waals surface area contributed by atoms with E-state index in [9.17, 15) is 17.6 Å². The van der Waals surface area contributed by atoms with E-state index in [-0.39, 0.29) is 16.3 Å². The lowest BCUT2D eigenvalue weighted by Gasteiger charge is -2.05. The summed E-state index contributed by atoms with van der Waals surface area (Å²) in [6.45, 7) is 0. The van der Waals surface area contributed by atoms with Crippen molar-refractivity contribution >= 4 is 20.7 Å². The fourth-order valence-electron chi connectivity index (χ4n) is 2.17. The van der Waals surface area contributed by atoms with Crippen molar-refractivity contribution in [2.45, 2.75) is 4.90 Å². The Morgan fingerprint density at radius 3 is 2.55 bits per heavy atom. The van der Waals surface area contributed by atoms with Gasteiger partial charge in [0.15, 0.2) is 9.84 Å². The number of hydrogen-bond acceptors (Lipinski definition) is 4. The Morgan fingerprint density at radius 1 is 1.14 bits per heavy atom. The summed E-state index contributed by atoms with van der Waals surface area (Å²) in [5, 5.41) is 0.430. The molecule has 1 heterocycles. The van der Waals surface area contributed by atoms with E-state index in [4.69, 9.17) is 0 Å². The van der Waals surface area contributed by atoms with Gasteiger partial charge in [0.1, 0.15) is 16.5 Å². The first-order valence-corrected chi connectivity index (χ1v) is 8.24. The molecular formula is C15H11FN2O3S. The van der Waals surface area contributed by atoms with Crippen LogP contribution in [-0.4, -0.2) is 24.6 Å². The molecule has 0 saturated carbocycles. The lowest BCUT2D eigenvalue weighted by molar-refractivity contribution is 0.571. The highest BCUT2D eigenvalue weighted by Gasteiger charge is 2.15. The lowest BCUT2D eigenvalue weighted by atomic mass is 10.2. The van der Waals surface area contributed by atoms with Gasteiger partial charge in [0.05, 0.1) is 10.9 Å². The molecule has 0 atom stereocenters. The molecule has 0 bridgehead atoms. The maximum absolute atomic E-state index is 13.9. The topological polar surface area (TPSA) is 79.9 Å². The molecule has 1 N–H and O–H groups in total. The average Bonchev–Trinajstić information content (AvgIpc) is 2.46. The number of sulfone groups is 1. The van der Waals surface area contributed by atoms with Gasteiger partial charge >= 0.3 is 0 Å². The summed E-state index contributed by atoms with van der Waals surface area (Å²) in [6.07, 6.45) is 0.932. The van der Waals surface area contributed by atoms with Gasteiger partial charge in [-0.3, -0.25) is 4.79 Å². The highest BCUT2D eigenvalue weighted by Crippen LogP contribution is 2.22. The standard InChI is InChI=1S/C15H11FN2O3S/c1-22(20,21)13-7-6-9(8-11(13)16)14-17-12-5-3-2-4-10(12)15(19)18-14/h2-8H,1H3,(H,17,18,19). The van der Waals surface area contributed by atoms with Crippen LogP contribution >= 0.6 is 0 Å². The van der Waals surface area contributed by atoms with Crippen LogP contribution in [0.5, 0.6) is 0 Å². The van der Waals surface area contributed by atoms with Crippen LogP contribution in [0.25, 0.3) is 22.3 Å². The summed E-state index contributed by atoms with van der Waals surface area (Å²) in [5.74, 6) is -0.696. The number of hydrogen-bond donors (Lipinski definition) is 1. The number of fused-ring (bicyclic) bond motifs is 1. The highest BCUT2D eigenvalue weighted by atomic mass is 32.2. The third kappa shape index (κ3) is 2.50. The van der Waals surface area contributed by atoms with E-state index in [0.717, 1.165) is 18.4 Å². The Balaban J connectivity index is 2.20. The maximum Gasteiger partial charge on any atom is 0.259 e. The van der Waals surface area contributed by atoms with Crippen LogP contribution in [0.4, 0.5) is 4.39 Å². The normalized spacial score (nSPS) is 11.7. The monoisotopic (exact) mass is 318 g/mol. The molecule has 0 amide bonds. The Hall–Kier alpha value is -2.54. The molecule has 0 spiro atoms. The lowest BCUT2D eigenvalue weighted by Crippen LogP contribution is -2.09. The SMILES string of the molecule is CS(=O)(=O)c1ccc(-c2nc3ccccc3c(=O)[nH]2)cc1F. The maximum atomic E-state index is 13.9. The van der Waals surface area contributed by atoms with Crippen molar-refractivity contribution in [3.8, 4) is 11.4 Å². The van der Waals surface area contributed by atoms with Gasteiger partial charge in [-0.2, -0.15) is 0 Å².